The standard InChI is InChI=1S/C10H15N3O2S/c1-7(6-16-3)13(2)9-5-4-8(10(14)15)11-12-9/h4-5,7H,6H2,1-3H3,(H,14,15). The van der Waals surface area contributed by atoms with E-state index in [1.165, 1.54) is 6.07 Å². The summed E-state index contributed by atoms with van der Waals surface area (Å²) in [5, 5.41) is 16.2. The molecular formula is C10H15N3O2S. The van der Waals surface area contributed by atoms with Gasteiger partial charge in [0.2, 0.25) is 0 Å². The molecule has 1 N–H and O–H groups in total. The van der Waals surface area contributed by atoms with Crippen LogP contribution in [0, 0.1) is 0 Å². The van der Waals surface area contributed by atoms with E-state index in [9.17, 15) is 4.79 Å². The topological polar surface area (TPSA) is 66.3 Å². The molecular weight excluding hydrogens is 226 g/mol. The van der Waals surface area contributed by atoms with Crippen molar-refractivity contribution in [1.82, 2.24) is 10.2 Å². The van der Waals surface area contributed by atoms with Crippen molar-refractivity contribution in [3.63, 3.8) is 0 Å². The molecule has 1 heterocycles. The normalized spacial score (nSPS) is 12.2. The summed E-state index contributed by atoms with van der Waals surface area (Å²) in [6.45, 7) is 2.09. The van der Waals surface area contributed by atoms with Crippen molar-refractivity contribution < 1.29 is 9.90 Å². The van der Waals surface area contributed by atoms with Crippen LogP contribution in [0.15, 0.2) is 12.1 Å². The number of aromatic nitrogens is 2. The summed E-state index contributed by atoms with van der Waals surface area (Å²) in [6, 6.07) is 3.47. The van der Waals surface area contributed by atoms with E-state index in [1.54, 1.807) is 17.8 Å². The number of hydrogen-bond donors (Lipinski definition) is 1. The molecule has 1 aromatic heterocycles. The first-order chi connectivity index (χ1) is 7.56. The van der Waals surface area contributed by atoms with Crippen molar-refractivity contribution in [2.24, 2.45) is 0 Å². The number of aromatic carboxylic acids is 1. The van der Waals surface area contributed by atoms with E-state index in [0.29, 0.717) is 11.9 Å². The molecule has 16 heavy (non-hydrogen) atoms. The van der Waals surface area contributed by atoms with Crippen LogP contribution in [-0.2, 0) is 0 Å². The Balaban J connectivity index is 2.77. The SMILES string of the molecule is CSCC(C)N(C)c1ccc(C(=O)O)nn1. The fourth-order valence-corrected chi connectivity index (χ4v) is 1.91. The molecule has 0 bridgehead atoms. The molecule has 0 aromatic carbocycles. The molecule has 1 unspecified atom stereocenters. The molecule has 0 radical (unpaired) electrons. The summed E-state index contributed by atoms with van der Waals surface area (Å²) >= 11 is 1.76. The number of hydrogen-bond acceptors (Lipinski definition) is 5. The summed E-state index contributed by atoms with van der Waals surface area (Å²) in [7, 11) is 1.92. The molecule has 0 saturated heterocycles. The van der Waals surface area contributed by atoms with E-state index in [1.807, 2.05) is 18.2 Å². The predicted molar refractivity (Wildman–Crippen MR) is 65.2 cm³/mol. The summed E-state index contributed by atoms with van der Waals surface area (Å²) < 4.78 is 0. The predicted octanol–water partition coefficient (Wildman–Crippen LogP) is 1.36. The highest BCUT2D eigenvalue weighted by Crippen LogP contribution is 2.13. The van der Waals surface area contributed by atoms with E-state index in [-0.39, 0.29) is 5.69 Å². The first kappa shape index (κ1) is 12.8. The quantitative estimate of drug-likeness (QED) is 0.839. The maximum atomic E-state index is 10.6. The van der Waals surface area contributed by atoms with E-state index in [2.05, 4.69) is 17.1 Å². The number of rotatable bonds is 5. The third-order valence-corrected chi connectivity index (χ3v) is 3.12. The van der Waals surface area contributed by atoms with Crippen LogP contribution in [-0.4, -0.2) is 46.4 Å². The van der Waals surface area contributed by atoms with Crippen LogP contribution in [0.4, 0.5) is 5.82 Å². The van der Waals surface area contributed by atoms with Gasteiger partial charge in [-0.05, 0) is 25.3 Å². The molecule has 1 rings (SSSR count). The van der Waals surface area contributed by atoms with Crippen LogP contribution in [0.3, 0.4) is 0 Å². The Kier molecular flexibility index (Phi) is 4.54. The van der Waals surface area contributed by atoms with Crippen LogP contribution in [0.2, 0.25) is 0 Å². The number of carboxylic acid groups (broad SMARTS) is 1. The molecule has 0 aliphatic heterocycles. The summed E-state index contributed by atoms with van der Waals surface area (Å²) in [5.74, 6) is 0.615. The molecule has 1 aromatic rings. The van der Waals surface area contributed by atoms with Crippen molar-refractivity contribution >= 4 is 23.5 Å². The Morgan fingerprint density at radius 2 is 2.25 bits per heavy atom. The highest BCUT2D eigenvalue weighted by Gasteiger charge is 2.12. The molecule has 6 heteroatoms. The Labute approximate surface area is 98.9 Å². The van der Waals surface area contributed by atoms with Crippen molar-refractivity contribution in [3.05, 3.63) is 17.8 Å². The molecule has 0 amide bonds. The van der Waals surface area contributed by atoms with Crippen LogP contribution >= 0.6 is 11.8 Å². The third-order valence-electron chi connectivity index (χ3n) is 2.30. The zero-order valence-corrected chi connectivity index (χ0v) is 10.4. The van der Waals surface area contributed by atoms with Gasteiger partial charge in [0.15, 0.2) is 11.5 Å². The molecule has 88 valence electrons. The first-order valence-corrected chi connectivity index (χ1v) is 6.24. The Bertz CT molecular complexity index is 356. The fourth-order valence-electron chi connectivity index (χ4n) is 1.21. The summed E-state index contributed by atoms with van der Waals surface area (Å²) in [4.78, 5) is 12.6. The van der Waals surface area contributed by atoms with Gasteiger partial charge in [0, 0.05) is 18.8 Å². The van der Waals surface area contributed by atoms with Gasteiger partial charge in [-0.2, -0.15) is 11.8 Å². The van der Waals surface area contributed by atoms with Gasteiger partial charge in [0.1, 0.15) is 0 Å². The second-order valence-electron chi connectivity index (χ2n) is 3.50. The maximum Gasteiger partial charge on any atom is 0.356 e. The van der Waals surface area contributed by atoms with Gasteiger partial charge in [-0.25, -0.2) is 4.79 Å². The van der Waals surface area contributed by atoms with Crippen LogP contribution in [0.25, 0.3) is 0 Å². The minimum absolute atomic E-state index is 0.0327. The van der Waals surface area contributed by atoms with Crippen LogP contribution in [0.1, 0.15) is 17.4 Å². The van der Waals surface area contributed by atoms with Crippen molar-refractivity contribution in [2.75, 3.05) is 24.0 Å². The summed E-state index contributed by atoms with van der Waals surface area (Å²) in [6.07, 6.45) is 2.05. The van der Waals surface area contributed by atoms with Gasteiger partial charge in [0.25, 0.3) is 0 Å². The van der Waals surface area contributed by atoms with E-state index in [4.69, 9.17) is 5.11 Å². The number of thioether (sulfide) groups is 1. The molecule has 0 fully saturated rings. The molecule has 5 nitrogen and oxygen atoms in total. The van der Waals surface area contributed by atoms with Gasteiger partial charge in [0.05, 0.1) is 0 Å². The van der Waals surface area contributed by atoms with Gasteiger partial charge in [-0.1, -0.05) is 0 Å². The number of carboxylic acids is 1. The number of nitrogens with zero attached hydrogens (tertiary/aromatic N) is 3. The van der Waals surface area contributed by atoms with Gasteiger partial charge < -0.3 is 10.0 Å². The lowest BCUT2D eigenvalue weighted by Crippen LogP contribution is -2.31. The average Bonchev–Trinajstić information content (AvgIpc) is 2.28. The zero-order chi connectivity index (χ0) is 12.1. The lowest BCUT2D eigenvalue weighted by atomic mass is 10.3. The summed E-state index contributed by atoms with van der Waals surface area (Å²) in [5.41, 5.74) is -0.0327. The molecule has 0 aliphatic carbocycles. The minimum Gasteiger partial charge on any atom is -0.476 e. The molecule has 1 atom stereocenters. The first-order valence-electron chi connectivity index (χ1n) is 4.85. The lowest BCUT2D eigenvalue weighted by Gasteiger charge is -2.24. The largest absolute Gasteiger partial charge is 0.476 e. The number of carbonyl (C=O) groups is 1. The molecule has 0 saturated carbocycles. The van der Waals surface area contributed by atoms with Crippen LogP contribution in [0.5, 0.6) is 0 Å². The van der Waals surface area contributed by atoms with Gasteiger partial charge in [-0.15, -0.1) is 10.2 Å². The van der Waals surface area contributed by atoms with Crippen LogP contribution < -0.4 is 4.90 Å². The zero-order valence-electron chi connectivity index (χ0n) is 9.54. The maximum absolute atomic E-state index is 10.6. The Hall–Kier alpha value is -1.30. The monoisotopic (exact) mass is 241 g/mol. The smallest absolute Gasteiger partial charge is 0.356 e. The highest BCUT2D eigenvalue weighted by atomic mass is 32.2. The third kappa shape index (κ3) is 3.10. The highest BCUT2D eigenvalue weighted by molar-refractivity contribution is 7.98. The Morgan fingerprint density at radius 3 is 2.69 bits per heavy atom. The molecule has 0 aliphatic rings. The second-order valence-corrected chi connectivity index (χ2v) is 4.41. The van der Waals surface area contributed by atoms with Gasteiger partial charge >= 0.3 is 5.97 Å². The van der Waals surface area contributed by atoms with E-state index in [0.717, 1.165) is 5.75 Å². The van der Waals surface area contributed by atoms with Crippen molar-refractivity contribution in [3.8, 4) is 0 Å². The van der Waals surface area contributed by atoms with E-state index >= 15 is 0 Å². The van der Waals surface area contributed by atoms with Crippen molar-refractivity contribution in [2.45, 2.75) is 13.0 Å². The van der Waals surface area contributed by atoms with E-state index < -0.39 is 5.97 Å². The Morgan fingerprint density at radius 1 is 1.56 bits per heavy atom. The van der Waals surface area contributed by atoms with Crippen molar-refractivity contribution in [1.29, 1.82) is 0 Å². The lowest BCUT2D eigenvalue weighted by molar-refractivity contribution is 0.0689. The second kappa shape index (κ2) is 5.69. The fraction of sp³-hybridized carbons (Fsp3) is 0.500. The average molecular weight is 241 g/mol. The molecule has 0 spiro atoms. The minimum atomic E-state index is -1.06. The number of anilines is 1. The van der Waals surface area contributed by atoms with Gasteiger partial charge in [-0.3, -0.25) is 0 Å².